The number of rotatable bonds is 7. The maximum atomic E-state index is 11.6. The van der Waals surface area contributed by atoms with Gasteiger partial charge in [0.1, 0.15) is 18.3 Å². The Kier molecular flexibility index (Phi) is 4.82. The van der Waals surface area contributed by atoms with Crippen molar-refractivity contribution in [3.63, 3.8) is 0 Å². The van der Waals surface area contributed by atoms with Gasteiger partial charge in [0.2, 0.25) is 5.89 Å². The molecule has 0 spiro atoms. The maximum Gasteiger partial charge on any atom is 0.343 e. The summed E-state index contributed by atoms with van der Waals surface area (Å²) in [6, 6.07) is 17.4. The minimum Gasteiger partial charge on any atom is -0.493 e. The number of nitrogens with zero attached hydrogens (tertiary/aromatic N) is 3. The number of hydrogen-bond acceptors (Lipinski definition) is 5. The van der Waals surface area contributed by atoms with E-state index in [4.69, 9.17) is 9.15 Å². The first-order valence-corrected chi connectivity index (χ1v) is 8.60. The van der Waals surface area contributed by atoms with Crippen molar-refractivity contribution >= 4 is 0 Å². The number of oxazole rings is 1. The first-order chi connectivity index (χ1) is 13.3. The topological polar surface area (TPSA) is 85.9 Å². The zero-order valence-corrected chi connectivity index (χ0v) is 14.5. The molecule has 4 rings (SSSR count). The lowest BCUT2D eigenvalue weighted by Crippen LogP contribution is -2.17. The zero-order valence-electron chi connectivity index (χ0n) is 14.5. The highest BCUT2D eigenvalue weighted by Crippen LogP contribution is 2.20. The number of nitrogens with one attached hydrogen (secondary N) is 1. The molecule has 0 unspecified atom stereocenters. The van der Waals surface area contributed by atoms with Crippen molar-refractivity contribution in [2.45, 2.75) is 13.0 Å². The van der Waals surface area contributed by atoms with Crippen LogP contribution in [0.15, 0.2) is 76.4 Å². The lowest BCUT2D eigenvalue weighted by atomic mass is 10.2. The molecule has 0 atom stereocenters. The lowest BCUT2D eigenvalue weighted by Gasteiger charge is -2.10. The summed E-state index contributed by atoms with van der Waals surface area (Å²) in [5.74, 6) is 1.34. The number of H-pyrrole nitrogens is 1. The number of para-hydroxylation sites is 1. The molecule has 0 saturated heterocycles. The molecule has 0 aliphatic carbocycles. The highest BCUT2D eigenvalue weighted by atomic mass is 16.5. The van der Waals surface area contributed by atoms with E-state index in [0.29, 0.717) is 25.5 Å². The van der Waals surface area contributed by atoms with E-state index >= 15 is 0 Å². The number of ether oxygens (including phenoxy) is 1. The van der Waals surface area contributed by atoms with Crippen LogP contribution in [0, 0.1) is 0 Å². The smallest absolute Gasteiger partial charge is 0.343 e. The molecule has 0 radical (unpaired) electrons. The van der Waals surface area contributed by atoms with Crippen molar-refractivity contribution in [1.29, 1.82) is 0 Å². The fourth-order valence-electron chi connectivity index (χ4n) is 2.74. The normalized spacial score (nSPS) is 10.8. The minimum atomic E-state index is -0.249. The quantitative estimate of drug-likeness (QED) is 0.546. The summed E-state index contributed by atoms with van der Waals surface area (Å²) < 4.78 is 13.0. The summed E-state index contributed by atoms with van der Waals surface area (Å²) in [5.41, 5.74) is 2.44. The van der Waals surface area contributed by atoms with Gasteiger partial charge in [0.15, 0.2) is 0 Å². The standard InChI is InChI=1S/C20H18N4O3/c25-20-23-21-14-24(20)12-16-8-4-5-9-18(16)26-11-10-17-13-27-19(22-17)15-6-2-1-3-7-15/h1-9,13-14H,10-12H2,(H,23,25). The second-order valence-electron chi connectivity index (χ2n) is 6.01. The minimum absolute atomic E-state index is 0.249. The fraction of sp³-hybridized carbons (Fsp3) is 0.150. The summed E-state index contributed by atoms with van der Waals surface area (Å²) in [4.78, 5) is 16.1. The molecule has 1 N–H and O–H groups in total. The Labute approximate surface area is 155 Å². The number of hydrogen-bond donors (Lipinski definition) is 1. The van der Waals surface area contributed by atoms with Crippen molar-refractivity contribution in [2.75, 3.05) is 6.61 Å². The number of benzene rings is 2. The summed E-state index contributed by atoms with van der Waals surface area (Å²) >= 11 is 0. The zero-order chi connectivity index (χ0) is 18.5. The van der Waals surface area contributed by atoms with Gasteiger partial charge >= 0.3 is 5.69 Å². The Balaban J connectivity index is 1.39. The van der Waals surface area contributed by atoms with Gasteiger partial charge in [-0.2, -0.15) is 5.10 Å². The molecule has 0 fully saturated rings. The van der Waals surface area contributed by atoms with E-state index in [0.717, 1.165) is 22.6 Å². The molecule has 0 saturated carbocycles. The molecule has 27 heavy (non-hydrogen) atoms. The van der Waals surface area contributed by atoms with Crippen LogP contribution in [0.5, 0.6) is 5.75 Å². The van der Waals surface area contributed by atoms with Crippen LogP contribution in [0.2, 0.25) is 0 Å². The van der Waals surface area contributed by atoms with Crippen LogP contribution in [-0.4, -0.2) is 26.4 Å². The Morgan fingerprint density at radius 1 is 1.07 bits per heavy atom. The van der Waals surface area contributed by atoms with E-state index in [-0.39, 0.29) is 5.69 Å². The predicted octanol–water partition coefficient (Wildman–Crippen LogP) is 2.90. The molecular weight excluding hydrogens is 344 g/mol. The first kappa shape index (κ1) is 16.8. The third kappa shape index (κ3) is 3.98. The second-order valence-corrected chi connectivity index (χ2v) is 6.01. The second kappa shape index (κ2) is 7.74. The lowest BCUT2D eigenvalue weighted by molar-refractivity contribution is 0.316. The molecule has 136 valence electrons. The van der Waals surface area contributed by atoms with Gasteiger partial charge in [-0.1, -0.05) is 36.4 Å². The van der Waals surface area contributed by atoms with Crippen LogP contribution in [0.25, 0.3) is 11.5 Å². The van der Waals surface area contributed by atoms with Crippen LogP contribution >= 0.6 is 0 Å². The summed E-state index contributed by atoms with van der Waals surface area (Å²) in [5, 5.41) is 6.13. The molecule has 2 heterocycles. The fourth-order valence-corrected chi connectivity index (χ4v) is 2.74. The van der Waals surface area contributed by atoms with E-state index in [1.807, 2.05) is 54.6 Å². The van der Waals surface area contributed by atoms with E-state index in [1.165, 1.54) is 10.9 Å². The molecule has 0 amide bonds. The molecule has 2 aromatic heterocycles. The Hall–Kier alpha value is -3.61. The van der Waals surface area contributed by atoms with Crippen LogP contribution in [0.4, 0.5) is 0 Å². The molecule has 7 nitrogen and oxygen atoms in total. The monoisotopic (exact) mass is 362 g/mol. The van der Waals surface area contributed by atoms with E-state index < -0.39 is 0 Å². The van der Waals surface area contributed by atoms with Crippen LogP contribution in [-0.2, 0) is 13.0 Å². The van der Waals surface area contributed by atoms with Crippen molar-refractivity contribution in [2.24, 2.45) is 0 Å². The van der Waals surface area contributed by atoms with Gasteiger partial charge in [0.05, 0.1) is 18.8 Å². The van der Waals surface area contributed by atoms with Gasteiger partial charge in [0.25, 0.3) is 0 Å². The van der Waals surface area contributed by atoms with Crippen molar-refractivity contribution in [3.8, 4) is 17.2 Å². The summed E-state index contributed by atoms with van der Waals surface area (Å²) in [7, 11) is 0. The van der Waals surface area contributed by atoms with Gasteiger partial charge in [-0.3, -0.25) is 4.57 Å². The van der Waals surface area contributed by atoms with Gasteiger partial charge in [-0.15, -0.1) is 0 Å². The van der Waals surface area contributed by atoms with Crippen molar-refractivity contribution in [1.82, 2.24) is 19.7 Å². The third-order valence-electron chi connectivity index (χ3n) is 4.12. The molecule has 2 aromatic carbocycles. The van der Waals surface area contributed by atoms with Crippen LogP contribution in [0.3, 0.4) is 0 Å². The summed E-state index contributed by atoms with van der Waals surface area (Å²) in [6.07, 6.45) is 3.75. The van der Waals surface area contributed by atoms with Gasteiger partial charge < -0.3 is 9.15 Å². The SMILES string of the molecule is O=c1[nH]ncn1Cc1ccccc1OCCc1coc(-c2ccccc2)n1. The van der Waals surface area contributed by atoms with E-state index in [1.54, 1.807) is 6.26 Å². The molecule has 0 aliphatic heterocycles. The van der Waals surface area contributed by atoms with E-state index in [2.05, 4.69) is 15.2 Å². The largest absolute Gasteiger partial charge is 0.493 e. The average molecular weight is 362 g/mol. The number of aromatic nitrogens is 4. The van der Waals surface area contributed by atoms with Gasteiger partial charge in [0, 0.05) is 17.5 Å². The Morgan fingerprint density at radius 2 is 1.89 bits per heavy atom. The molecular formula is C20H18N4O3. The number of aromatic amines is 1. The molecule has 7 heteroatoms. The van der Waals surface area contributed by atoms with E-state index in [9.17, 15) is 4.79 Å². The van der Waals surface area contributed by atoms with Crippen molar-refractivity contribution in [3.05, 3.63) is 88.9 Å². The first-order valence-electron chi connectivity index (χ1n) is 8.60. The highest BCUT2D eigenvalue weighted by Gasteiger charge is 2.09. The Bertz CT molecular complexity index is 1070. The highest BCUT2D eigenvalue weighted by molar-refractivity contribution is 5.52. The Morgan fingerprint density at radius 3 is 2.70 bits per heavy atom. The summed E-state index contributed by atoms with van der Waals surface area (Å²) in [6.45, 7) is 0.853. The average Bonchev–Trinajstić information content (AvgIpc) is 3.33. The van der Waals surface area contributed by atoms with Gasteiger partial charge in [-0.25, -0.2) is 14.9 Å². The molecule has 0 bridgehead atoms. The third-order valence-corrected chi connectivity index (χ3v) is 4.12. The van der Waals surface area contributed by atoms with Crippen LogP contribution in [0.1, 0.15) is 11.3 Å². The van der Waals surface area contributed by atoms with Crippen LogP contribution < -0.4 is 10.4 Å². The molecule has 0 aliphatic rings. The molecule has 4 aromatic rings. The predicted molar refractivity (Wildman–Crippen MR) is 99.5 cm³/mol. The van der Waals surface area contributed by atoms with Gasteiger partial charge in [-0.05, 0) is 18.2 Å². The maximum absolute atomic E-state index is 11.6. The van der Waals surface area contributed by atoms with Crippen molar-refractivity contribution < 1.29 is 9.15 Å².